The molecule has 0 aromatic carbocycles. The number of carboxylic acids is 1. The predicted molar refractivity (Wildman–Crippen MR) is 79.0 cm³/mol. The number of carbonyl (C=O) groups is 2. The van der Waals surface area contributed by atoms with Crippen LogP contribution in [-0.4, -0.2) is 47.7 Å². The van der Waals surface area contributed by atoms with E-state index in [0.29, 0.717) is 32.4 Å². The van der Waals surface area contributed by atoms with E-state index in [2.05, 4.69) is 0 Å². The summed E-state index contributed by atoms with van der Waals surface area (Å²) >= 11 is 0. The largest absolute Gasteiger partial charge is 0.481 e. The number of likely N-dealkylation sites (tertiary alicyclic amines) is 1. The number of aliphatic carboxylic acids is 1. The Morgan fingerprint density at radius 3 is 2.81 bits per heavy atom. The van der Waals surface area contributed by atoms with E-state index >= 15 is 0 Å². The van der Waals surface area contributed by atoms with Gasteiger partial charge in [0.15, 0.2) is 0 Å². The number of ether oxygens (including phenoxy) is 1. The first-order valence-corrected chi connectivity index (χ1v) is 8.20. The maximum absolute atomic E-state index is 12.3. The quantitative estimate of drug-likeness (QED) is 0.817. The summed E-state index contributed by atoms with van der Waals surface area (Å²) in [6.07, 6.45) is 6.56. The minimum atomic E-state index is -0.749. The third-order valence-corrected chi connectivity index (χ3v) is 4.82. The van der Waals surface area contributed by atoms with E-state index in [9.17, 15) is 14.7 Å². The van der Waals surface area contributed by atoms with Crippen molar-refractivity contribution in [1.29, 1.82) is 0 Å². The van der Waals surface area contributed by atoms with Crippen molar-refractivity contribution in [2.24, 2.45) is 5.41 Å². The minimum absolute atomic E-state index is 0.0897. The molecule has 2 aliphatic rings. The van der Waals surface area contributed by atoms with Gasteiger partial charge in [0.2, 0.25) is 5.91 Å². The Morgan fingerprint density at radius 1 is 1.38 bits per heavy atom. The zero-order chi connectivity index (χ0) is 15.3. The normalized spacial score (nSPS) is 29.6. The standard InChI is InChI=1S/C16H27NO4/c1-2-8-16(15(19)20)9-4-10-17(12-16)14(18)7-6-13-5-3-11-21-13/h13H,2-12H2,1H3,(H,19,20). The van der Waals surface area contributed by atoms with Crippen molar-refractivity contribution in [3.8, 4) is 0 Å². The van der Waals surface area contributed by atoms with Gasteiger partial charge in [0, 0.05) is 26.1 Å². The molecular weight excluding hydrogens is 270 g/mol. The monoisotopic (exact) mass is 297 g/mol. The molecule has 0 aliphatic carbocycles. The van der Waals surface area contributed by atoms with Crippen molar-refractivity contribution in [3.05, 3.63) is 0 Å². The lowest BCUT2D eigenvalue weighted by Crippen LogP contribution is -2.50. The second-order valence-electron chi connectivity index (χ2n) is 6.43. The summed E-state index contributed by atoms with van der Waals surface area (Å²) in [6, 6.07) is 0. The molecule has 0 aromatic heterocycles. The molecule has 0 radical (unpaired) electrons. The van der Waals surface area contributed by atoms with Gasteiger partial charge in [0.1, 0.15) is 0 Å². The van der Waals surface area contributed by atoms with Gasteiger partial charge in [-0.1, -0.05) is 13.3 Å². The van der Waals surface area contributed by atoms with Crippen LogP contribution in [0.3, 0.4) is 0 Å². The zero-order valence-electron chi connectivity index (χ0n) is 13.0. The molecule has 0 bridgehead atoms. The van der Waals surface area contributed by atoms with E-state index in [0.717, 1.165) is 38.7 Å². The molecule has 1 amide bonds. The second kappa shape index (κ2) is 7.25. The highest BCUT2D eigenvalue weighted by molar-refractivity contribution is 5.79. The Morgan fingerprint density at radius 2 is 2.19 bits per heavy atom. The van der Waals surface area contributed by atoms with Crippen LogP contribution in [0.2, 0.25) is 0 Å². The van der Waals surface area contributed by atoms with Crippen LogP contribution < -0.4 is 0 Å². The van der Waals surface area contributed by atoms with Crippen LogP contribution >= 0.6 is 0 Å². The van der Waals surface area contributed by atoms with Crippen LogP contribution in [0.15, 0.2) is 0 Å². The first kappa shape index (κ1) is 16.3. The molecule has 2 rings (SSSR count). The average Bonchev–Trinajstić information content (AvgIpc) is 2.98. The first-order chi connectivity index (χ1) is 10.1. The van der Waals surface area contributed by atoms with Gasteiger partial charge < -0.3 is 14.7 Å². The molecule has 5 heteroatoms. The van der Waals surface area contributed by atoms with Crippen LogP contribution in [0, 0.1) is 5.41 Å². The molecule has 5 nitrogen and oxygen atoms in total. The van der Waals surface area contributed by atoms with E-state index < -0.39 is 11.4 Å². The molecular formula is C16H27NO4. The van der Waals surface area contributed by atoms with Crippen molar-refractivity contribution in [1.82, 2.24) is 4.90 Å². The molecule has 0 spiro atoms. The van der Waals surface area contributed by atoms with E-state index in [4.69, 9.17) is 4.74 Å². The topological polar surface area (TPSA) is 66.8 Å². The summed E-state index contributed by atoms with van der Waals surface area (Å²) in [6.45, 7) is 3.88. The lowest BCUT2D eigenvalue weighted by Gasteiger charge is -2.40. The zero-order valence-corrected chi connectivity index (χ0v) is 13.0. The van der Waals surface area contributed by atoms with Crippen LogP contribution in [-0.2, 0) is 14.3 Å². The van der Waals surface area contributed by atoms with E-state index in [-0.39, 0.29) is 12.0 Å². The lowest BCUT2D eigenvalue weighted by molar-refractivity contribution is -0.155. The van der Waals surface area contributed by atoms with Gasteiger partial charge in [-0.3, -0.25) is 9.59 Å². The van der Waals surface area contributed by atoms with Gasteiger partial charge in [-0.05, 0) is 38.5 Å². The molecule has 2 atom stereocenters. The van der Waals surface area contributed by atoms with E-state index in [1.54, 1.807) is 4.90 Å². The van der Waals surface area contributed by atoms with Gasteiger partial charge in [-0.15, -0.1) is 0 Å². The summed E-state index contributed by atoms with van der Waals surface area (Å²) in [5.41, 5.74) is -0.730. The Hall–Kier alpha value is -1.10. The summed E-state index contributed by atoms with van der Waals surface area (Å²) in [5, 5.41) is 9.56. The fourth-order valence-electron chi connectivity index (χ4n) is 3.62. The number of nitrogens with zero attached hydrogens (tertiary/aromatic N) is 1. The number of piperidine rings is 1. The SMILES string of the molecule is CCCC1(C(=O)O)CCCN(C(=O)CCC2CCCO2)C1. The Bertz CT molecular complexity index is 374. The van der Waals surface area contributed by atoms with Crippen molar-refractivity contribution in [2.45, 2.75) is 64.4 Å². The molecule has 120 valence electrons. The van der Waals surface area contributed by atoms with Crippen molar-refractivity contribution in [2.75, 3.05) is 19.7 Å². The van der Waals surface area contributed by atoms with Crippen LogP contribution in [0.25, 0.3) is 0 Å². The van der Waals surface area contributed by atoms with E-state index in [1.165, 1.54) is 0 Å². The van der Waals surface area contributed by atoms with Gasteiger partial charge in [0.05, 0.1) is 11.5 Å². The molecule has 2 aliphatic heterocycles. The molecule has 2 unspecified atom stereocenters. The molecule has 0 aromatic rings. The van der Waals surface area contributed by atoms with Gasteiger partial charge >= 0.3 is 5.97 Å². The van der Waals surface area contributed by atoms with Crippen LogP contribution in [0.4, 0.5) is 0 Å². The Balaban J connectivity index is 1.89. The van der Waals surface area contributed by atoms with Crippen molar-refractivity contribution < 1.29 is 19.4 Å². The second-order valence-corrected chi connectivity index (χ2v) is 6.43. The maximum atomic E-state index is 12.3. The average molecular weight is 297 g/mol. The van der Waals surface area contributed by atoms with Crippen LogP contribution in [0.1, 0.15) is 58.3 Å². The number of hydrogen-bond acceptors (Lipinski definition) is 3. The predicted octanol–water partition coefficient (Wildman–Crippen LogP) is 2.44. The maximum Gasteiger partial charge on any atom is 0.311 e. The Labute approximate surface area is 126 Å². The molecule has 21 heavy (non-hydrogen) atoms. The molecule has 0 saturated carbocycles. The first-order valence-electron chi connectivity index (χ1n) is 8.20. The molecule has 2 heterocycles. The smallest absolute Gasteiger partial charge is 0.311 e. The fraction of sp³-hybridized carbons (Fsp3) is 0.875. The van der Waals surface area contributed by atoms with Crippen LogP contribution in [0.5, 0.6) is 0 Å². The highest BCUT2D eigenvalue weighted by Gasteiger charge is 2.42. The summed E-state index contributed by atoms with van der Waals surface area (Å²) in [4.78, 5) is 25.8. The fourth-order valence-corrected chi connectivity index (χ4v) is 3.62. The Kier molecular flexibility index (Phi) is 5.62. The molecule has 2 saturated heterocycles. The molecule has 1 N–H and O–H groups in total. The summed E-state index contributed by atoms with van der Waals surface area (Å²) in [5.74, 6) is -0.659. The lowest BCUT2D eigenvalue weighted by atomic mass is 9.76. The third-order valence-electron chi connectivity index (χ3n) is 4.82. The van der Waals surface area contributed by atoms with Crippen molar-refractivity contribution in [3.63, 3.8) is 0 Å². The van der Waals surface area contributed by atoms with E-state index in [1.807, 2.05) is 6.92 Å². The summed E-state index contributed by atoms with van der Waals surface area (Å²) < 4.78 is 5.54. The van der Waals surface area contributed by atoms with Gasteiger partial charge in [-0.25, -0.2) is 0 Å². The van der Waals surface area contributed by atoms with Gasteiger partial charge in [-0.2, -0.15) is 0 Å². The third kappa shape index (κ3) is 3.96. The number of rotatable bonds is 6. The highest BCUT2D eigenvalue weighted by atomic mass is 16.5. The summed E-state index contributed by atoms with van der Waals surface area (Å²) in [7, 11) is 0. The minimum Gasteiger partial charge on any atom is -0.481 e. The number of amides is 1. The van der Waals surface area contributed by atoms with Gasteiger partial charge in [0.25, 0.3) is 0 Å². The van der Waals surface area contributed by atoms with Crippen molar-refractivity contribution >= 4 is 11.9 Å². The number of hydrogen-bond donors (Lipinski definition) is 1. The molecule has 2 fully saturated rings. The highest BCUT2D eigenvalue weighted by Crippen LogP contribution is 2.35. The number of carboxylic acid groups (broad SMARTS) is 1. The number of carbonyl (C=O) groups excluding carboxylic acids is 1.